The number of hydrogen-bond acceptors (Lipinski definition) is 6. The monoisotopic (exact) mass is 663 g/mol. The Morgan fingerprint density at radius 2 is 1.52 bits per heavy atom. The summed E-state index contributed by atoms with van der Waals surface area (Å²) in [5.74, 6) is 0.441. The molecule has 0 bridgehead atoms. The van der Waals surface area contributed by atoms with E-state index in [1.54, 1.807) is 29.0 Å². The van der Waals surface area contributed by atoms with Gasteiger partial charge in [-0.2, -0.15) is 10.1 Å². The molecule has 8 nitrogen and oxygen atoms in total. The largest absolute Gasteiger partial charge is 0.405 e. The van der Waals surface area contributed by atoms with E-state index in [2.05, 4.69) is 86.6 Å². The van der Waals surface area contributed by atoms with Gasteiger partial charge in [-0.25, -0.2) is 18.3 Å². The van der Waals surface area contributed by atoms with Gasteiger partial charge < -0.3 is 9.74 Å². The van der Waals surface area contributed by atoms with Crippen LogP contribution in [-0.2, 0) is 4.43 Å². The Hall–Kier alpha value is -4.74. The second-order valence-electron chi connectivity index (χ2n) is 13.6. The van der Waals surface area contributed by atoms with E-state index in [-0.39, 0.29) is 16.6 Å². The summed E-state index contributed by atoms with van der Waals surface area (Å²) in [6.45, 7) is 9.29. The molecule has 11 heteroatoms. The zero-order valence-corrected chi connectivity index (χ0v) is 28.5. The third kappa shape index (κ3) is 6.15. The standard InChI is InChI=1S/C37H39F2N7OSi/c1-25(24-47-48(37(2,3)4,30-11-7-5-8-12-30)31-13-9-6-10-14-31)41-36-43-35-33(28-21-40-45(22-28)29-19-20-29)42-32(23-46(35)44-36)26-15-17-27(18-16-26)34(38)39/h5-18,21-23,25,29,34H,19-20,24H2,1-4H3,(H,41,44)/t25-/m0/s1. The Balaban J connectivity index is 1.21. The third-order valence-corrected chi connectivity index (χ3v) is 13.9. The second-order valence-corrected chi connectivity index (χ2v) is 17.9. The summed E-state index contributed by atoms with van der Waals surface area (Å²) in [6.07, 6.45) is 5.24. The summed E-state index contributed by atoms with van der Waals surface area (Å²) >= 11 is 0. The van der Waals surface area contributed by atoms with Crippen molar-refractivity contribution < 1.29 is 13.2 Å². The molecular formula is C37H39F2N7OSi. The lowest BCUT2D eigenvalue weighted by atomic mass is 10.1. The summed E-state index contributed by atoms with van der Waals surface area (Å²) < 4.78 is 37.3. The summed E-state index contributed by atoms with van der Waals surface area (Å²) in [7, 11) is -2.72. The van der Waals surface area contributed by atoms with Gasteiger partial charge in [0.15, 0.2) is 5.65 Å². The van der Waals surface area contributed by atoms with Crippen LogP contribution in [0, 0.1) is 0 Å². The maximum atomic E-state index is 13.3. The van der Waals surface area contributed by atoms with Gasteiger partial charge in [0.05, 0.1) is 30.7 Å². The molecule has 0 spiro atoms. The first-order chi connectivity index (χ1) is 23.1. The van der Waals surface area contributed by atoms with E-state index >= 15 is 0 Å². The quantitative estimate of drug-likeness (QED) is 0.147. The van der Waals surface area contributed by atoms with Crippen LogP contribution in [0.25, 0.3) is 28.2 Å². The summed E-state index contributed by atoms with van der Waals surface area (Å²) in [6, 6.07) is 27.6. The van der Waals surface area contributed by atoms with Crippen LogP contribution in [0.4, 0.5) is 14.7 Å². The van der Waals surface area contributed by atoms with Gasteiger partial charge >= 0.3 is 0 Å². The number of alkyl halides is 2. The molecular weight excluding hydrogens is 625 g/mol. The average Bonchev–Trinajstić information content (AvgIpc) is 3.67. The number of anilines is 1. The molecule has 48 heavy (non-hydrogen) atoms. The highest BCUT2D eigenvalue weighted by atomic mass is 28.4. The molecule has 7 rings (SSSR count). The van der Waals surface area contributed by atoms with Crippen LogP contribution in [0.5, 0.6) is 0 Å². The predicted molar refractivity (Wildman–Crippen MR) is 187 cm³/mol. The van der Waals surface area contributed by atoms with Crippen molar-refractivity contribution in [2.75, 3.05) is 11.9 Å². The Bertz CT molecular complexity index is 1960. The Labute approximate surface area is 280 Å². The number of aromatic nitrogens is 6. The van der Waals surface area contributed by atoms with Gasteiger partial charge in [-0.15, -0.1) is 5.10 Å². The highest BCUT2D eigenvalue weighted by Gasteiger charge is 2.50. The molecule has 1 aliphatic rings. The smallest absolute Gasteiger partial charge is 0.263 e. The number of nitrogens with zero attached hydrogens (tertiary/aromatic N) is 6. The Morgan fingerprint density at radius 1 is 0.875 bits per heavy atom. The van der Waals surface area contributed by atoms with Crippen LogP contribution in [0.3, 0.4) is 0 Å². The van der Waals surface area contributed by atoms with Crippen molar-refractivity contribution in [1.82, 2.24) is 29.4 Å². The number of halogens is 2. The molecule has 3 aromatic heterocycles. The number of nitrogens with one attached hydrogen (secondary N) is 1. The highest BCUT2D eigenvalue weighted by Crippen LogP contribution is 2.38. The van der Waals surface area contributed by atoms with Gasteiger partial charge in [-0.05, 0) is 35.2 Å². The molecule has 0 aliphatic heterocycles. The van der Waals surface area contributed by atoms with E-state index in [0.29, 0.717) is 41.2 Å². The van der Waals surface area contributed by atoms with E-state index < -0.39 is 14.7 Å². The highest BCUT2D eigenvalue weighted by molar-refractivity contribution is 6.99. The molecule has 1 fully saturated rings. The van der Waals surface area contributed by atoms with E-state index in [1.165, 1.54) is 22.5 Å². The first-order valence-corrected chi connectivity index (χ1v) is 18.3. The van der Waals surface area contributed by atoms with Crippen LogP contribution >= 0.6 is 0 Å². The van der Waals surface area contributed by atoms with Crippen molar-refractivity contribution >= 4 is 30.3 Å². The lowest BCUT2D eigenvalue weighted by molar-refractivity contribution is 0.151. The third-order valence-electron chi connectivity index (χ3n) is 8.92. The Kier molecular flexibility index (Phi) is 8.42. The minimum absolute atomic E-state index is 0.0349. The second kappa shape index (κ2) is 12.7. The molecule has 0 unspecified atom stereocenters. The zero-order chi connectivity index (χ0) is 33.5. The normalized spacial score (nSPS) is 14.5. The fraction of sp³-hybridized carbons (Fsp3) is 0.297. The molecule has 0 radical (unpaired) electrons. The first kappa shape index (κ1) is 31.8. The SMILES string of the molecule is C[C@@H](CO[Si](c1ccccc1)(c1ccccc1)C(C)(C)C)Nc1nc2c(-c3cnn(C4CC4)c3)nc(-c3ccc(C(F)F)cc3)cn2n1. The number of fused-ring (bicyclic) bond motifs is 1. The van der Waals surface area contributed by atoms with Gasteiger partial charge in [0.25, 0.3) is 14.7 Å². The van der Waals surface area contributed by atoms with Crippen LogP contribution < -0.4 is 15.7 Å². The van der Waals surface area contributed by atoms with Gasteiger partial charge in [0.1, 0.15) is 5.69 Å². The van der Waals surface area contributed by atoms with Crippen molar-refractivity contribution in [3.63, 3.8) is 0 Å². The van der Waals surface area contributed by atoms with Crippen LogP contribution in [0.2, 0.25) is 5.04 Å². The predicted octanol–water partition coefficient (Wildman–Crippen LogP) is 7.30. The topological polar surface area (TPSA) is 82.2 Å². The lowest BCUT2D eigenvalue weighted by Gasteiger charge is -2.43. The van der Waals surface area contributed by atoms with Crippen molar-refractivity contribution in [1.29, 1.82) is 0 Å². The van der Waals surface area contributed by atoms with E-state index in [0.717, 1.165) is 18.4 Å². The van der Waals surface area contributed by atoms with Gasteiger partial charge in [-0.3, -0.25) is 4.68 Å². The fourth-order valence-corrected chi connectivity index (χ4v) is 11.0. The number of benzene rings is 3. The molecule has 3 aromatic carbocycles. The van der Waals surface area contributed by atoms with Crippen molar-refractivity contribution in [3.05, 3.63) is 109 Å². The maximum absolute atomic E-state index is 13.3. The molecule has 246 valence electrons. The fourth-order valence-electron chi connectivity index (χ4n) is 6.36. The molecule has 1 aliphatic carbocycles. The summed E-state index contributed by atoms with van der Waals surface area (Å²) in [5.41, 5.74) is 3.27. The summed E-state index contributed by atoms with van der Waals surface area (Å²) in [5, 5.41) is 15.1. The minimum Gasteiger partial charge on any atom is -0.405 e. The van der Waals surface area contributed by atoms with E-state index in [4.69, 9.17) is 19.5 Å². The number of rotatable bonds is 11. The van der Waals surface area contributed by atoms with Gasteiger partial charge in [0.2, 0.25) is 5.95 Å². The van der Waals surface area contributed by atoms with Crippen molar-refractivity contribution in [2.45, 2.75) is 64.1 Å². The summed E-state index contributed by atoms with van der Waals surface area (Å²) in [4.78, 5) is 9.83. The van der Waals surface area contributed by atoms with Crippen LogP contribution in [0.15, 0.2) is 104 Å². The molecule has 6 aromatic rings. The molecule has 1 saturated carbocycles. The molecule has 3 heterocycles. The maximum Gasteiger partial charge on any atom is 0.263 e. The molecule has 1 atom stereocenters. The lowest BCUT2D eigenvalue weighted by Crippen LogP contribution is -2.67. The van der Waals surface area contributed by atoms with Gasteiger partial charge in [0, 0.05) is 28.9 Å². The zero-order valence-electron chi connectivity index (χ0n) is 27.5. The average molecular weight is 664 g/mol. The molecule has 0 amide bonds. The molecule has 1 N–H and O–H groups in total. The Morgan fingerprint density at radius 3 is 2.10 bits per heavy atom. The van der Waals surface area contributed by atoms with Gasteiger partial charge in [-0.1, -0.05) is 106 Å². The number of hydrogen-bond donors (Lipinski definition) is 1. The van der Waals surface area contributed by atoms with Crippen molar-refractivity contribution in [3.8, 4) is 22.5 Å². The van der Waals surface area contributed by atoms with E-state index in [1.807, 2.05) is 23.0 Å². The van der Waals surface area contributed by atoms with Crippen LogP contribution in [-0.4, -0.2) is 50.3 Å². The minimum atomic E-state index is -2.72. The van der Waals surface area contributed by atoms with Crippen LogP contribution in [0.1, 0.15) is 58.6 Å². The molecule has 0 saturated heterocycles. The first-order valence-electron chi connectivity index (χ1n) is 16.3. The van der Waals surface area contributed by atoms with Crippen molar-refractivity contribution in [2.24, 2.45) is 0 Å². The van der Waals surface area contributed by atoms with E-state index in [9.17, 15) is 8.78 Å².